The summed E-state index contributed by atoms with van der Waals surface area (Å²) in [7, 11) is 1.35. The lowest BCUT2D eigenvalue weighted by atomic mass is 9.94. The number of phenolic OH excluding ortho intramolecular Hbond substituents is 1. The number of esters is 1. The summed E-state index contributed by atoms with van der Waals surface area (Å²) in [5.74, 6) is -0.920. The second kappa shape index (κ2) is 20.5. The van der Waals surface area contributed by atoms with Crippen LogP contribution in [0, 0.1) is 5.92 Å². The molecule has 2 rings (SSSR count). The number of methoxy groups -OCH3 is 1. The number of aromatic hydroxyl groups is 1. The maximum absolute atomic E-state index is 13.0. The van der Waals surface area contributed by atoms with Crippen LogP contribution in [0.4, 0.5) is 0 Å². The second-order valence-electron chi connectivity index (χ2n) is 11.8. The van der Waals surface area contributed by atoms with Crippen LogP contribution in [0.1, 0.15) is 129 Å². The number of aliphatic hydroxyl groups excluding tert-OH is 1. The zero-order valence-corrected chi connectivity index (χ0v) is 26.1. The van der Waals surface area contributed by atoms with Crippen molar-refractivity contribution in [3.63, 3.8) is 0 Å². The fraction of sp³-hybridized carbons (Fsp3) is 0.714. The molecule has 6 nitrogen and oxygen atoms in total. The number of phenols is 1. The Kier molecular flexibility index (Phi) is 17.4. The lowest BCUT2D eigenvalue weighted by Gasteiger charge is -2.29. The smallest absolute Gasteiger partial charge is 0.313 e. The lowest BCUT2D eigenvalue weighted by Crippen LogP contribution is -2.38. The molecule has 3 atom stereocenters. The Bertz CT molecular complexity index is 896. The minimum Gasteiger partial charge on any atom is -0.508 e. The highest BCUT2D eigenvalue weighted by molar-refractivity contribution is 5.90. The number of ketones is 1. The number of carbonyl (C=O) groups is 2. The number of benzene rings is 1. The van der Waals surface area contributed by atoms with Crippen molar-refractivity contribution in [1.82, 2.24) is 4.90 Å². The monoisotopic (exact) mass is 571 g/mol. The Morgan fingerprint density at radius 1 is 0.829 bits per heavy atom. The van der Waals surface area contributed by atoms with Gasteiger partial charge in [-0.3, -0.25) is 9.59 Å². The summed E-state index contributed by atoms with van der Waals surface area (Å²) in [5.41, 5.74) is 1.58. The molecule has 0 unspecified atom stereocenters. The third-order valence-electron chi connectivity index (χ3n) is 8.51. The molecule has 1 aliphatic rings. The van der Waals surface area contributed by atoms with E-state index in [2.05, 4.69) is 13.8 Å². The number of unbranched alkanes of at least 4 members (excludes halogenated alkanes) is 13. The number of rotatable bonds is 22. The van der Waals surface area contributed by atoms with Crippen molar-refractivity contribution in [2.24, 2.45) is 5.92 Å². The minimum absolute atomic E-state index is 0.00776. The first-order chi connectivity index (χ1) is 19.9. The van der Waals surface area contributed by atoms with Crippen LogP contribution in [0.2, 0.25) is 0 Å². The van der Waals surface area contributed by atoms with Crippen LogP contribution >= 0.6 is 0 Å². The first-order valence-corrected chi connectivity index (χ1v) is 16.5. The number of ether oxygens (including phenoxy) is 1. The van der Waals surface area contributed by atoms with Crippen LogP contribution in [0.25, 0.3) is 0 Å². The number of hydrogen-bond acceptors (Lipinski definition) is 6. The maximum atomic E-state index is 13.0. The molecular formula is C35H57NO5. The Labute approximate surface area is 249 Å². The third-order valence-corrected chi connectivity index (χ3v) is 8.51. The Morgan fingerprint density at radius 3 is 1.88 bits per heavy atom. The molecule has 0 aliphatic carbocycles. The first-order valence-electron chi connectivity index (χ1n) is 16.5. The van der Waals surface area contributed by atoms with E-state index in [4.69, 9.17) is 4.74 Å². The Hall–Kier alpha value is -2.34. The van der Waals surface area contributed by atoms with Crippen LogP contribution in [-0.2, 0) is 20.7 Å². The van der Waals surface area contributed by atoms with Gasteiger partial charge in [-0.2, -0.15) is 0 Å². The van der Waals surface area contributed by atoms with E-state index in [-0.39, 0.29) is 17.6 Å². The molecule has 2 N–H and O–H groups in total. The van der Waals surface area contributed by atoms with Gasteiger partial charge in [0.15, 0.2) is 5.78 Å². The minimum atomic E-state index is -1.06. The number of aliphatic hydroxyl groups is 1. The highest BCUT2D eigenvalue weighted by atomic mass is 16.5. The number of likely N-dealkylation sites (tertiary alicyclic amines) is 1. The van der Waals surface area contributed by atoms with E-state index in [1.807, 2.05) is 17.0 Å². The summed E-state index contributed by atoms with van der Waals surface area (Å²) in [6.45, 7) is 4.89. The van der Waals surface area contributed by atoms with Gasteiger partial charge in [-0.15, -0.1) is 0 Å². The summed E-state index contributed by atoms with van der Waals surface area (Å²) < 4.78 is 5.05. The van der Waals surface area contributed by atoms with Crippen LogP contribution in [0.3, 0.4) is 0 Å². The topological polar surface area (TPSA) is 87.1 Å². The highest BCUT2D eigenvalue weighted by Crippen LogP contribution is 2.37. The lowest BCUT2D eigenvalue weighted by molar-refractivity contribution is -0.149. The van der Waals surface area contributed by atoms with Crippen molar-refractivity contribution in [2.75, 3.05) is 13.7 Å². The quantitative estimate of drug-likeness (QED) is 0.0836. The van der Waals surface area contributed by atoms with E-state index in [0.29, 0.717) is 25.1 Å². The van der Waals surface area contributed by atoms with Crippen LogP contribution < -0.4 is 0 Å². The fourth-order valence-electron chi connectivity index (χ4n) is 6.11. The van der Waals surface area contributed by atoms with Gasteiger partial charge in [0.05, 0.1) is 7.11 Å². The first kappa shape index (κ1) is 34.9. The molecular weight excluding hydrogens is 514 g/mol. The predicted octanol–water partition coefficient (Wildman–Crippen LogP) is 7.89. The summed E-state index contributed by atoms with van der Waals surface area (Å²) in [4.78, 5) is 27.7. The number of carbonyl (C=O) groups excluding carboxylic acids is 2. The predicted molar refractivity (Wildman–Crippen MR) is 167 cm³/mol. The zero-order chi connectivity index (χ0) is 29.9. The molecule has 0 saturated carbocycles. The Morgan fingerprint density at radius 2 is 1.37 bits per heavy atom. The van der Waals surface area contributed by atoms with Crippen molar-refractivity contribution in [1.29, 1.82) is 0 Å². The van der Waals surface area contributed by atoms with Crippen molar-refractivity contribution in [2.45, 2.75) is 142 Å². The summed E-state index contributed by atoms with van der Waals surface area (Å²) >= 11 is 0. The molecule has 1 aromatic rings. The molecule has 0 radical (unpaired) electrons. The molecule has 0 aromatic heterocycles. The Balaban J connectivity index is 1.82. The SMILES string of the molecule is CCCCCCCCCCCCCCCCC(=O)/C=C1\[C@@H](O)[C@@H](C(=O)OC)[C@H](CCC)N1CCc1ccc(O)cc1. The molecule has 1 saturated heterocycles. The van der Waals surface area contributed by atoms with E-state index >= 15 is 0 Å². The van der Waals surface area contributed by atoms with E-state index in [9.17, 15) is 19.8 Å². The van der Waals surface area contributed by atoms with Gasteiger partial charge in [-0.05, 0) is 37.0 Å². The maximum Gasteiger partial charge on any atom is 0.313 e. The molecule has 1 heterocycles. The number of nitrogens with zero attached hydrogens (tertiary/aromatic N) is 1. The van der Waals surface area contributed by atoms with E-state index in [0.717, 1.165) is 37.7 Å². The van der Waals surface area contributed by atoms with Gasteiger partial charge in [0.2, 0.25) is 0 Å². The summed E-state index contributed by atoms with van der Waals surface area (Å²) in [6.07, 6.45) is 21.1. The van der Waals surface area contributed by atoms with E-state index < -0.39 is 18.0 Å². The third kappa shape index (κ3) is 12.6. The van der Waals surface area contributed by atoms with Crippen molar-refractivity contribution < 1.29 is 24.5 Å². The van der Waals surface area contributed by atoms with Crippen LogP contribution in [0.5, 0.6) is 5.75 Å². The molecule has 0 spiro atoms. The highest BCUT2D eigenvalue weighted by Gasteiger charge is 2.48. The molecule has 1 fully saturated rings. The van der Waals surface area contributed by atoms with Crippen molar-refractivity contribution >= 4 is 11.8 Å². The molecule has 6 heteroatoms. The van der Waals surface area contributed by atoms with Crippen LogP contribution in [0.15, 0.2) is 36.0 Å². The van der Waals surface area contributed by atoms with Crippen molar-refractivity contribution in [3.05, 3.63) is 41.6 Å². The molecule has 1 aromatic carbocycles. The largest absolute Gasteiger partial charge is 0.508 e. The van der Waals surface area contributed by atoms with Gasteiger partial charge in [-0.25, -0.2) is 0 Å². The van der Waals surface area contributed by atoms with Gasteiger partial charge in [0.25, 0.3) is 0 Å². The van der Waals surface area contributed by atoms with Gasteiger partial charge in [-0.1, -0.05) is 116 Å². The van der Waals surface area contributed by atoms with Gasteiger partial charge in [0, 0.05) is 30.8 Å². The van der Waals surface area contributed by atoms with Crippen molar-refractivity contribution in [3.8, 4) is 5.75 Å². The van der Waals surface area contributed by atoms with E-state index in [1.54, 1.807) is 18.2 Å². The molecule has 1 aliphatic heterocycles. The molecule has 0 bridgehead atoms. The average Bonchev–Trinajstić information content (AvgIpc) is 3.22. The van der Waals surface area contributed by atoms with Crippen LogP contribution in [-0.4, -0.2) is 52.7 Å². The summed E-state index contributed by atoms with van der Waals surface area (Å²) in [5, 5.41) is 20.8. The normalized spacial score (nSPS) is 19.7. The number of allylic oxidation sites excluding steroid dienone is 1. The molecule has 41 heavy (non-hydrogen) atoms. The van der Waals surface area contributed by atoms with Gasteiger partial charge in [0.1, 0.15) is 17.8 Å². The zero-order valence-electron chi connectivity index (χ0n) is 26.1. The number of hydrogen-bond donors (Lipinski definition) is 2. The van der Waals surface area contributed by atoms with Gasteiger partial charge < -0.3 is 19.8 Å². The average molecular weight is 572 g/mol. The van der Waals surface area contributed by atoms with E-state index in [1.165, 1.54) is 77.7 Å². The van der Waals surface area contributed by atoms with Gasteiger partial charge >= 0.3 is 5.97 Å². The summed E-state index contributed by atoms with van der Waals surface area (Å²) in [6, 6.07) is 6.84. The fourth-order valence-corrected chi connectivity index (χ4v) is 6.11. The molecule has 232 valence electrons. The molecule has 0 amide bonds. The second-order valence-corrected chi connectivity index (χ2v) is 11.8. The standard InChI is InChI=1S/C35H57NO5/c1-4-6-7-8-9-10-11-12-13-14-15-16-17-18-20-30(38)27-32-34(39)33(35(40)41-3)31(19-5-2)36(32)26-25-28-21-23-29(37)24-22-28/h21-24,27,31,33-34,37,39H,4-20,25-26H2,1-3H3/b32-27+/t31-,33-,34+/m0/s1.